The Balaban J connectivity index is 1.82. The van der Waals surface area contributed by atoms with E-state index in [0.29, 0.717) is 29.0 Å². The van der Waals surface area contributed by atoms with Crippen molar-refractivity contribution in [1.82, 2.24) is 14.1 Å². The van der Waals surface area contributed by atoms with E-state index >= 15 is 4.39 Å². The smallest absolute Gasteiger partial charge is 0.341 e. The summed E-state index contributed by atoms with van der Waals surface area (Å²) in [6.45, 7) is 3.04. The number of carbonyl (C=O) groups excluding carboxylic acids is 1. The van der Waals surface area contributed by atoms with Crippen molar-refractivity contribution in [2.24, 2.45) is 0 Å². The maximum absolute atomic E-state index is 15.3. The minimum Gasteiger partial charge on any atom is -0.462 e. The molecule has 3 aromatic rings. The number of fused-ring (bicyclic) bond motifs is 1. The molecule has 0 N–H and O–H groups in total. The Kier molecular flexibility index (Phi) is 5.51. The van der Waals surface area contributed by atoms with E-state index in [1.54, 1.807) is 29.8 Å². The van der Waals surface area contributed by atoms with Crippen molar-refractivity contribution in [2.45, 2.75) is 32.5 Å². The molecule has 152 valence electrons. The van der Waals surface area contributed by atoms with Gasteiger partial charge in [-0.1, -0.05) is 15.9 Å². The number of aromatic nitrogens is 3. The fourth-order valence-corrected chi connectivity index (χ4v) is 3.63. The molecule has 0 saturated carbocycles. The minimum atomic E-state index is -0.717. The molecule has 0 unspecified atom stereocenters. The second kappa shape index (κ2) is 8.08. The molecule has 3 heterocycles. The zero-order valence-electron chi connectivity index (χ0n) is 15.7. The third-order valence-corrected chi connectivity index (χ3v) is 5.36. The van der Waals surface area contributed by atoms with Crippen LogP contribution in [0.3, 0.4) is 0 Å². The monoisotopic (exact) mass is 463 g/mol. The summed E-state index contributed by atoms with van der Waals surface area (Å²) >= 11 is 3.27. The molecule has 0 radical (unpaired) electrons. The summed E-state index contributed by atoms with van der Waals surface area (Å²) in [6.07, 6.45) is 2.45. The summed E-state index contributed by atoms with van der Waals surface area (Å²) in [5.74, 6) is -0.882. The molecule has 1 atom stereocenters. The van der Waals surface area contributed by atoms with E-state index in [-0.39, 0.29) is 35.9 Å². The van der Waals surface area contributed by atoms with Crippen LogP contribution in [0.4, 0.5) is 4.39 Å². The Hall–Kier alpha value is -2.52. The molecule has 1 aliphatic heterocycles. The SMILES string of the molecule is CCOC(=O)c1ccc2nc(Cn3ccc(Br)cc3=O)n(C[C@@H]3CCO3)c2c1F. The van der Waals surface area contributed by atoms with Crippen molar-refractivity contribution in [2.75, 3.05) is 13.2 Å². The number of ether oxygens (including phenoxy) is 2. The fraction of sp³-hybridized carbons (Fsp3) is 0.350. The molecular weight excluding hydrogens is 445 g/mol. The van der Waals surface area contributed by atoms with Gasteiger partial charge in [-0.05, 0) is 31.5 Å². The van der Waals surface area contributed by atoms with Gasteiger partial charge in [-0.15, -0.1) is 0 Å². The molecule has 7 nitrogen and oxygen atoms in total. The quantitative estimate of drug-likeness (QED) is 0.525. The van der Waals surface area contributed by atoms with Crippen LogP contribution >= 0.6 is 15.9 Å². The highest BCUT2D eigenvalue weighted by molar-refractivity contribution is 9.10. The van der Waals surface area contributed by atoms with Gasteiger partial charge in [0.15, 0.2) is 5.82 Å². The Bertz CT molecular complexity index is 1140. The minimum absolute atomic E-state index is 0.0570. The van der Waals surface area contributed by atoms with E-state index in [4.69, 9.17) is 9.47 Å². The summed E-state index contributed by atoms with van der Waals surface area (Å²) in [5.41, 5.74) is 0.286. The van der Waals surface area contributed by atoms with E-state index in [0.717, 1.165) is 6.42 Å². The number of hydrogen-bond donors (Lipinski definition) is 0. The van der Waals surface area contributed by atoms with Crippen LogP contribution in [0.5, 0.6) is 0 Å². The first-order chi connectivity index (χ1) is 14.0. The number of rotatable bonds is 6. The average Bonchev–Trinajstić information content (AvgIpc) is 2.99. The van der Waals surface area contributed by atoms with Gasteiger partial charge in [-0.2, -0.15) is 0 Å². The van der Waals surface area contributed by atoms with Gasteiger partial charge in [0.2, 0.25) is 0 Å². The Labute approximate surface area is 174 Å². The molecule has 0 aliphatic carbocycles. The van der Waals surface area contributed by atoms with Gasteiger partial charge >= 0.3 is 5.97 Å². The van der Waals surface area contributed by atoms with Crippen LogP contribution in [0.1, 0.15) is 29.5 Å². The van der Waals surface area contributed by atoms with E-state index in [9.17, 15) is 9.59 Å². The number of hydrogen-bond acceptors (Lipinski definition) is 5. The second-order valence-corrected chi connectivity index (χ2v) is 7.66. The van der Waals surface area contributed by atoms with Gasteiger partial charge in [0.05, 0.1) is 36.9 Å². The van der Waals surface area contributed by atoms with E-state index in [1.165, 1.54) is 16.7 Å². The number of carbonyl (C=O) groups is 1. The van der Waals surface area contributed by atoms with Crippen LogP contribution in [0.2, 0.25) is 0 Å². The van der Waals surface area contributed by atoms with Crippen molar-refractivity contribution in [1.29, 1.82) is 0 Å². The number of benzene rings is 1. The van der Waals surface area contributed by atoms with Crippen molar-refractivity contribution >= 4 is 32.9 Å². The highest BCUT2D eigenvalue weighted by Gasteiger charge is 2.25. The lowest BCUT2D eigenvalue weighted by atomic mass is 10.1. The largest absolute Gasteiger partial charge is 0.462 e. The summed E-state index contributed by atoms with van der Waals surface area (Å²) in [7, 11) is 0. The van der Waals surface area contributed by atoms with Gasteiger partial charge in [0.1, 0.15) is 11.3 Å². The number of esters is 1. The lowest BCUT2D eigenvalue weighted by Gasteiger charge is -2.27. The summed E-state index contributed by atoms with van der Waals surface area (Å²) in [4.78, 5) is 28.9. The van der Waals surface area contributed by atoms with Crippen molar-refractivity contribution < 1.29 is 18.7 Å². The predicted molar refractivity (Wildman–Crippen MR) is 108 cm³/mol. The van der Waals surface area contributed by atoms with E-state index < -0.39 is 11.8 Å². The van der Waals surface area contributed by atoms with Gasteiger partial charge in [0.25, 0.3) is 5.56 Å². The van der Waals surface area contributed by atoms with Gasteiger partial charge in [0, 0.05) is 23.3 Å². The molecule has 0 spiro atoms. The molecule has 0 amide bonds. The van der Waals surface area contributed by atoms with Crippen LogP contribution in [-0.2, 0) is 22.6 Å². The van der Waals surface area contributed by atoms with Gasteiger partial charge < -0.3 is 18.6 Å². The molecule has 4 rings (SSSR count). The average molecular weight is 464 g/mol. The van der Waals surface area contributed by atoms with Crippen molar-refractivity contribution in [3.63, 3.8) is 0 Å². The number of nitrogens with zero attached hydrogens (tertiary/aromatic N) is 3. The molecule has 29 heavy (non-hydrogen) atoms. The topological polar surface area (TPSA) is 75.4 Å². The van der Waals surface area contributed by atoms with Crippen molar-refractivity contribution in [3.05, 3.63) is 62.5 Å². The lowest BCUT2D eigenvalue weighted by Crippen LogP contribution is -2.32. The molecule has 1 aliphatic rings. The molecular formula is C20H19BrFN3O4. The van der Waals surface area contributed by atoms with Gasteiger partial charge in [-0.3, -0.25) is 4.79 Å². The highest BCUT2D eigenvalue weighted by atomic mass is 79.9. The van der Waals surface area contributed by atoms with Crippen molar-refractivity contribution in [3.8, 4) is 0 Å². The summed E-state index contributed by atoms with van der Waals surface area (Å²) < 4.78 is 29.6. The van der Waals surface area contributed by atoms with Crippen LogP contribution in [0, 0.1) is 5.82 Å². The summed E-state index contributed by atoms with van der Waals surface area (Å²) in [6, 6.07) is 6.18. The normalized spacial score (nSPS) is 16.0. The van der Waals surface area contributed by atoms with Gasteiger partial charge in [-0.25, -0.2) is 14.2 Å². The maximum Gasteiger partial charge on any atom is 0.341 e. The molecule has 1 aromatic carbocycles. The number of imidazole rings is 1. The zero-order chi connectivity index (χ0) is 20.5. The first-order valence-corrected chi connectivity index (χ1v) is 10.1. The lowest BCUT2D eigenvalue weighted by molar-refractivity contribution is -0.0590. The first-order valence-electron chi connectivity index (χ1n) is 9.30. The zero-order valence-corrected chi connectivity index (χ0v) is 17.3. The third kappa shape index (κ3) is 3.84. The predicted octanol–water partition coefficient (Wildman–Crippen LogP) is 3.11. The van der Waals surface area contributed by atoms with E-state index in [1.807, 2.05) is 0 Å². The Morgan fingerprint density at radius 1 is 1.41 bits per heavy atom. The maximum atomic E-state index is 15.3. The van der Waals surface area contributed by atoms with Crippen LogP contribution < -0.4 is 5.56 Å². The fourth-order valence-electron chi connectivity index (χ4n) is 3.31. The van der Waals surface area contributed by atoms with E-state index in [2.05, 4.69) is 20.9 Å². The molecule has 0 bridgehead atoms. The third-order valence-electron chi connectivity index (χ3n) is 4.87. The van der Waals surface area contributed by atoms with Crippen LogP contribution in [0.15, 0.2) is 39.7 Å². The second-order valence-electron chi connectivity index (χ2n) is 6.75. The van der Waals surface area contributed by atoms with Crippen LogP contribution in [-0.4, -0.2) is 39.4 Å². The molecule has 9 heteroatoms. The van der Waals surface area contributed by atoms with Crippen LogP contribution in [0.25, 0.3) is 11.0 Å². The summed E-state index contributed by atoms with van der Waals surface area (Å²) in [5, 5.41) is 0. The first kappa shape index (κ1) is 19.8. The Morgan fingerprint density at radius 2 is 2.21 bits per heavy atom. The number of halogens is 2. The molecule has 1 fully saturated rings. The number of pyridine rings is 1. The Morgan fingerprint density at radius 3 is 2.86 bits per heavy atom. The highest BCUT2D eigenvalue weighted by Crippen LogP contribution is 2.26. The standard InChI is InChI=1S/C20H19BrFN3O4/c1-2-28-20(27)14-3-4-15-19(18(14)22)25(10-13-6-8-29-13)16(23-15)11-24-7-5-12(21)9-17(24)26/h3-5,7,9,13H,2,6,8,10-11H2,1H3/t13-/m0/s1. The molecule has 1 saturated heterocycles. The molecule has 2 aromatic heterocycles.